The second kappa shape index (κ2) is 7.74. The molecule has 2 aromatic rings. The highest BCUT2D eigenvalue weighted by atomic mass is 16.4. The molecule has 6 nitrogen and oxygen atoms in total. The number of rotatable bonds is 6. The van der Waals surface area contributed by atoms with Crippen molar-refractivity contribution < 1.29 is 14.7 Å². The highest BCUT2D eigenvalue weighted by Crippen LogP contribution is 2.08. The number of carbonyl (C=O) groups is 2. The van der Waals surface area contributed by atoms with Gasteiger partial charge in [-0.05, 0) is 35.7 Å². The standard InChI is InChI=1S/C17H17N3O3/c1-12-3-2-4-15(9-12)18-11-16(21)20-19-10-13-5-7-14(8-6-13)17(22)23/h2-10,18H,11H2,1H3,(H,20,21)(H,22,23)/p-1/b19-10-. The number of nitrogens with zero attached hydrogens (tertiary/aromatic N) is 1. The second-order valence-electron chi connectivity index (χ2n) is 4.93. The van der Waals surface area contributed by atoms with Crippen LogP contribution < -0.4 is 15.8 Å². The van der Waals surface area contributed by atoms with Crippen molar-refractivity contribution >= 4 is 23.8 Å². The van der Waals surface area contributed by atoms with Crippen LogP contribution in [0.3, 0.4) is 0 Å². The summed E-state index contributed by atoms with van der Waals surface area (Å²) in [7, 11) is 0. The molecule has 0 radical (unpaired) electrons. The van der Waals surface area contributed by atoms with Gasteiger partial charge < -0.3 is 15.2 Å². The molecular weight excluding hydrogens is 294 g/mol. The van der Waals surface area contributed by atoms with E-state index in [4.69, 9.17) is 0 Å². The van der Waals surface area contributed by atoms with Crippen molar-refractivity contribution in [2.24, 2.45) is 5.10 Å². The first-order chi connectivity index (χ1) is 11.0. The molecule has 0 aliphatic rings. The molecule has 23 heavy (non-hydrogen) atoms. The number of aryl methyl sites for hydroxylation is 1. The van der Waals surface area contributed by atoms with Crippen LogP contribution in [0, 0.1) is 6.92 Å². The summed E-state index contributed by atoms with van der Waals surface area (Å²) < 4.78 is 0. The van der Waals surface area contributed by atoms with Crippen LogP contribution in [0.2, 0.25) is 0 Å². The van der Waals surface area contributed by atoms with Crippen molar-refractivity contribution in [1.29, 1.82) is 0 Å². The quantitative estimate of drug-likeness (QED) is 0.613. The third-order valence-corrected chi connectivity index (χ3v) is 3.02. The lowest BCUT2D eigenvalue weighted by Crippen LogP contribution is -2.25. The second-order valence-corrected chi connectivity index (χ2v) is 4.93. The van der Waals surface area contributed by atoms with Crippen molar-refractivity contribution in [3.63, 3.8) is 0 Å². The first kappa shape index (κ1) is 16.2. The van der Waals surface area contributed by atoms with Crippen LogP contribution in [0.25, 0.3) is 0 Å². The summed E-state index contributed by atoms with van der Waals surface area (Å²) in [5.74, 6) is -1.52. The Balaban J connectivity index is 1.80. The van der Waals surface area contributed by atoms with Gasteiger partial charge in [0.25, 0.3) is 5.91 Å². The summed E-state index contributed by atoms with van der Waals surface area (Å²) >= 11 is 0. The predicted octanol–water partition coefficient (Wildman–Crippen LogP) is 0.921. The van der Waals surface area contributed by atoms with Crippen molar-refractivity contribution in [1.82, 2.24) is 5.43 Å². The third kappa shape index (κ3) is 5.28. The highest BCUT2D eigenvalue weighted by molar-refractivity contribution is 5.88. The molecule has 0 aromatic heterocycles. The number of hydrogen-bond acceptors (Lipinski definition) is 5. The predicted molar refractivity (Wildman–Crippen MR) is 86.2 cm³/mol. The summed E-state index contributed by atoms with van der Waals surface area (Å²) in [5.41, 5.74) is 5.12. The number of aromatic carboxylic acids is 1. The van der Waals surface area contributed by atoms with Gasteiger partial charge in [-0.2, -0.15) is 5.10 Å². The van der Waals surface area contributed by atoms with E-state index < -0.39 is 5.97 Å². The Bertz CT molecular complexity index is 724. The van der Waals surface area contributed by atoms with Crippen molar-refractivity contribution in [3.8, 4) is 0 Å². The fourth-order valence-corrected chi connectivity index (χ4v) is 1.86. The van der Waals surface area contributed by atoms with Crippen LogP contribution in [0.4, 0.5) is 5.69 Å². The maximum absolute atomic E-state index is 11.7. The Kier molecular flexibility index (Phi) is 5.46. The zero-order valence-electron chi connectivity index (χ0n) is 12.6. The first-order valence-electron chi connectivity index (χ1n) is 6.98. The Morgan fingerprint density at radius 1 is 1.17 bits per heavy atom. The average molecular weight is 310 g/mol. The summed E-state index contributed by atoms with van der Waals surface area (Å²) in [6.07, 6.45) is 1.43. The number of amides is 1. The van der Waals surface area contributed by atoms with Gasteiger partial charge in [0, 0.05) is 5.69 Å². The normalized spacial score (nSPS) is 10.5. The zero-order chi connectivity index (χ0) is 16.7. The molecule has 0 saturated carbocycles. The van der Waals surface area contributed by atoms with E-state index in [1.54, 1.807) is 12.1 Å². The van der Waals surface area contributed by atoms with Gasteiger partial charge in [-0.15, -0.1) is 0 Å². The summed E-state index contributed by atoms with van der Waals surface area (Å²) in [5, 5.41) is 17.4. The molecule has 2 N–H and O–H groups in total. The molecule has 6 heteroatoms. The van der Waals surface area contributed by atoms with E-state index >= 15 is 0 Å². The number of carboxylic acid groups (broad SMARTS) is 1. The highest BCUT2D eigenvalue weighted by Gasteiger charge is 1.99. The summed E-state index contributed by atoms with van der Waals surface area (Å²) in [6.45, 7) is 2.08. The van der Waals surface area contributed by atoms with E-state index in [2.05, 4.69) is 15.8 Å². The molecule has 0 unspecified atom stereocenters. The third-order valence-electron chi connectivity index (χ3n) is 3.02. The number of benzene rings is 2. The van der Waals surface area contributed by atoms with Crippen molar-refractivity contribution in [2.75, 3.05) is 11.9 Å². The van der Waals surface area contributed by atoms with Gasteiger partial charge in [0.1, 0.15) is 0 Å². The average Bonchev–Trinajstić information content (AvgIpc) is 2.53. The zero-order valence-corrected chi connectivity index (χ0v) is 12.6. The van der Waals surface area contributed by atoms with Gasteiger partial charge in [-0.3, -0.25) is 4.79 Å². The van der Waals surface area contributed by atoms with Gasteiger partial charge in [0.15, 0.2) is 0 Å². The minimum atomic E-state index is -1.23. The summed E-state index contributed by atoms with van der Waals surface area (Å²) in [6, 6.07) is 13.7. The Morgan fingerprint density at radius 2 is 1.91 bits per heavy atom. The molecule has 0 fully saturated rings. The van der Waals surface area contributed by atoms with Crippen LogP contribution in [0.15, 0.2) is 53.6 Å². The van der Waals surface area contributed by atoms with E-state index in [1.807, 2.05) is 31.2 Å². The lowest BCUT2D eigenvalue weighted by Gasteiger charge is -2.05. The van der Waals surface area contributed by atoms with Crippen molar-refractivity contribution in [2.45, 2.75) is 6.92 Å². The fourth-order valence-electron chi connectivity index (χ4n) is 1.86. The molecule has 0 aliphatic heterocycles. The van der Waals surface area contributed by atoms with Gasteiger partial charge in [-0.1, -0.05) is 36.4 Å². The molecule has 0 saturated heterocycles. The maximum atomic E-state index is 11.7. The number of carboxylic acids is 1. The van der Waals surface area contributed by atoms with Crippen LogP contribution in [0.1, 0.15) is 21.5 Å². The monoisotopic (exact) mass is 310 g/mol. The SMILES string of the molecule is Cc1cccc(NCC(=O)N/N=C\c2ccc(C(=O)[O-])cc2)c1. The lowest BCUT2D eigenvalue weighted by molar-refractivity contribution is -0.255. The van der Waals surface area contributed by atoms with Crippen molar-refractivity contribution in [3.05, 3.63) is 65.2 Å². The number of hydrazone groups is 1. The molecule has 0 aliphatic carbocycles. The Labute approximate surface area is 133 Å². The molecular formula is C17H16N3O3-. The molecule has 118 valence electrons. The molecule has 2 aromatic carbocycles. The van der Waals surface area contributed by atoms with Crippen LogP contribution >= 0.6 is 0 Å². The van der Waals surface area contributed by atoms with E-state index in [-0.39, 0.29) is 18.0 Å². The Hall–Kier alpha value is -3.15. The van der Waals surface area contributed by atoms with Crippen LogP contribution in [-0.4, -0.2) is 24.6 Å². The fraction of sp³-hybridized carbons (Fsp3) is 0.118. The molecule has 0 heterocycles. The van der Waals surface area contributed by atoms with E-state index in [0.717, 1.165) is 11.3 Å². The molecule has 2 rings (SSSR count). The van der Waals surface area contributed by atoms with Gasteiger partial charge in [-0.25, -0.2) is 5.43 Å². The van der Waals surface area contributed by atoms with Gasteiger partial charge in [0.05, 0.1) is 18.7 Å². The number of anilines is 1. The van der Waals surface area contributed by atoms with E-state index in [1.165, 1.54) is 18.3 Å². The maximum Gasteiger partial charge on any atom is 0.259 e. The molecule has 0 spiro atoms. The first-order valence-corrected chi connectivity index (χ1v) is 6.98. The van der Waals surface area contributed by atoms with Crippen LogP contribution in [-0.2, 0) is 4.79 Å². The summed E-state index contributed by atoms with van der Waals surface area (Å²) in [4.78, 5) is 22.3. The molecule has 0 bridgehead atoms. The van der Waals surface area contributed by atoms with Gasteiger partial charge >= 0.3 is 0 Å². The molecule has 1 amide bonds. The lowest BCUT2D eigenvalue weighted by atomic mass is 10.1. The van der Waals surface area contributed by atoms with E-state index in [0.29, 0.717) is 5.56 Å². The van der Waals surface area contributed by atoms with Crippen LogP contribution in [0.5, 0.6) is 0 Å². The van der Waals surface area contributed by atoms with Gasteiger partial charge in [0.2, 0.25) is 0 Å². The minimum Gasteiger partial charge on any atom is -0.545 e. The topological polar surface area (TPSA) is 93.6 Å². The number of hydrogen-bond donors (Lipinski definition) is 2. The molecule has 0 atom stereocenters. The number of nitrogens with one attached hydrogen (secondary N) is 2. The largest absolute Gasteiger partial charge is 0.545 e. The smallest absolute Gasteiger partial charge is 0.259 e. The van der Waals surface area contributed by atoms with E-state index in [9.17, 15) is 14.7 Å². The Morgan fingerprint density at radius 3 is 2.57 bits per heavy atom. The number of carbonyl (C=O) groups excluding carboxylic acids is 2. The minimum absolute atomic E-state index is 0.0912.